The minimum Gasteiger partial charge on any atom is -0.465 e. The molecule has 3 rings (SSSR count). The van der Waals surface area contributed by atoms with Crippen molar-refractivity contribution in [3.05, 3.63) is 58.6 Å². The van der Waals surface area contributed by atoms with Crippen molar-refractivity contribution in [2.45, 2.75) is 12.8 Å². The van der Waals surface area contributed by atoms with Gasteiger partial charge in [-0.1, -0.05) is 11.6 Å². The predicted molar refractivity (Wildman–Crippen MR) is 98.8 cm³/mol. The van der Waals surface area contributed by atoms with E-state index in [1.54, 1.807) is 35.2 Å². The molecule has 6 nitrogen and oxygen atoms in total. The lowest BCUT2D eigenvalue weighted by molar-refractivity contribution is -0.117. The molecule has 134 valence electrons. The molecule has 0 atom stereocenters. The van der Waals surface area contributed by atoms with Gasteiger partial charge in [-0.3, -0.25) is 9.59 Å². The Morgan fingerprint density at radius 3 is 2.38 bits per heavy atom. The monoisotopic (exact) mass is 372 g/mol. The second-order valence-electron chi connectivity index (χ2n) is 5.84. The summed E-state index contributed by atoms with van der Waals surface area (Å²) in [6, 6.07) is 11.2. The van der Waals surface area contributed by atoms with Gasteiger partial charge >= 0.3 is 5.97 Å². The number of nitrogens with zero attached hydrogens (tertiary/aromatic N) is 1. The van der Waals surface area contributed by atoms with Crippen LogP contribution < -0.4 is 10.2 Å². The first-order valence-corrected chi connectivity index (χ1v) is 8.47. The molecule has 0 radical (unpaired) electrons. The summed E-state index contributed by atoms with van der Waals surface area (Å²) in [5, 5.41) is 3.15. The molecule has 0 aromatic heterocycles. The highest BCUT2D eigenvalue weighted by atomic mass is 35.5. The topological polar surface area (TPSA) is 75.7 Å². The summed E-state index contributed by atoms with van der Waals surface area (Å²) in [6.45, 7) is 0.650. The van der Waals surface area contributed by atoms with Crippen molar-refractivity contribution in [2.24, 2.45) is 0 Å². The zero-order valence-corrected chi connectivity index (χ0v) is 14.9. The summed E-state index contributed by atoms with van der Waals surface area (Å²) in [5.74, 6) is -0.743. The Kier molecular flexibility index (Phi) is 5.23. The average molecular weight is 373 g/mol. The van der Waals surface area contributed by atoms with Crippen molar-refractivity contribution in [1.29, 1.82) is 0 Å². The standard InChI is InChI=1S/C19H17ClN2O4/c1-26-19(25)13-6-4-12(5-7-13)18(24)21-14-8-9-16(15(20)11-14)22-10-2-3-17(22)23/h4-9,11H,2-3,10H2,1H3,(H,21,24). The molecule has 7 heteroatoms. The molecule has 1 aliphatic heterocycles. The summed E-state index contributed by atoms with van der Waals surface area (Å²) in [6.07, 6.45) is 1.34. The quantitative estimate of drug-likeness (QED) is 0.833. The van der Waals surface area contributed by atoms with Crippen molar-refractivity contribution in [3.63, 3.8) is 0 Å². The summed E-state index contributed by atoms with van der Waals surface area (Å²) in [4.78, 5) is 37.2. The molecule has 2 aromatic carbocycles. The Morgan fingerprint density at radius 1 is 1.12 bits per heavy atom. The summed E-state index contributed by atoms with van der Waals surface area (Å²) >= 11 is 6.28. The van der Waals surface area contributed by atoms with Crippen molar-refractivity contribution in [2.75, 3.05) is 23.9 Å². The third-order valence-electron chi connectivity index (χ3n) is 4.14. The van der Waals surface area contributed by atoms with Gasteiger partial charge in [-0.15, -0.1) is 0 Å². The first-order valence-electron chi connectivity index (χ1n) is 8.09. The molecular weight excluding hydrogens is 356 g/mol. The number of halogens is 1. The third kappa shape index (κ3) is 3.70. The molecule has 2 amide bonds. The third-order valence-corrected chi connectivity index (χ3v) is 4.44. The van der Waals surface area contributed by atoms with Gasteiger partial charge in [0.15, 0.2) is 0 Å². The van der Waals surface area contributed by atoms with Gasteiger partial charge < -0.3 is 15.0 Å². The lowest BCUT2D eigenvalue weighted by Gasteiger charge is -2.18. The van der Waals surface area contributed by atoms with Gasteiger partial charge in [0.25, 0.3) is 5.91 Å². The number of hydrogen-bond donors (Lipinski definition) is 1. The summed E-state index contributed by atoms with van der Waals surface area (Å²) in [7, 11) is 1.30. The summed E-state index contributed by atoms with van der Waals surface area (Å²) < 4.78 is 4.62. The van der Waals surface area contributed by atoms with Crippen LogP contribution in [0.2, 0.25) is 5.02 Å². The van der Waals surface area contributed by atoms with Crippen molar-refractivity contribution in [3.8, 4) is 0 Å². The van der Waals surface area contributed by atoms with Crippen LogP contribution in [-0.4, -0.2) is 31.4 Å². The van der Waals surface area contributed by atoms with Crippen LogP contribution in [0.15, 0.2) is 42.5 Å². The zero-order valence-electron chi connectivity index (χ0n) is 14.1. The maximum absolute atomic E-state index is 12.3. The fourth-order valence-electron chi connectivity index (χ4n) is 2.79. The van der Waals surface area contributed by atoms with E-state index in [4.69, 9.17) is 11.6 Å². The van der Waals surface area contributed by atoms with Gasteiger partial charge in [0.2, 0.25) is 5.91 Å². The van der Waals surface area contributed by atoms with Crippen molar-refractivity contribution < 1.29 is 19.1 Å². The Hall–Kier alpha value is -2.86. The van der Waals surface area contributed by atoms with Crippen LogP contribution in [0.25, 0.3) is 0 Å². The minimum absolute atomic E-state index is 0.0504. The number of methoxy groups -OCH3 is 1. The molecule has 26 heavy (non-hydrogen) atoms. The van der Waals surface area contributed by atoms with Crippen LogP contribution in [0.5, 0.6) is 0 Å². The van der Waals surface area contributed by atoms with Crippen LogP contribution >= 0.6 is 11.6 Å². The van der Waals surface area contributed by atoms with Crippen LogP contribution in [0.1, 0.15) is 33.6 Å². The normalized spacial score (nSPS) is 13.6. The molecule has 1 saturated heterocycles. The molecule has 0 unspecified atom stereocenters. The van der Waals surface area contributed by atoms with E-state index in [-0.39, 0.29) is 11.8 Å². The Bertz CT molecular complexity index is 864. The number of benzene rings is 2. The Balaban J connectivity index is 1.72. The van der Waals surface area contributed by atoms with Crippen LogP contribution in [-0.2, 0) is 9.53 Å². The molecule has 0 bridgehead atoms. The average Bonchev–Trinajstić information content (AvgIpc) is 3.07. The van der Waals surface area contributed by atoms with Crippen LogP contribution in [0, 0.1) is 0 Å². The molecule has 1 heterocycles. The molecule has 0 saturated carbocycles. The molecule has 2 aromatic rings. The largest absolute Gasteiger partial charge is 0.465 e. The van der Waals surface area contributed by atoms with E-state index in [1.165, 1.54) is 19.2 Å². The Morgan fingerprint density at radius 2 is 1.81 bits per heavy atom. The van der Waals surface area contributed by atoms with E-state index in [0.29, 0.717) is 40.5 Å². The van der Waals surface area contributed by atoms with Crippen LogP contribution in [0.4, 0.5) is 11.4 Å². The van der Waals surface area contributed by atoms with Gasteiger partial charge in [0.05, 0.1) is 23.4 Å². The SMILES string of the molecule is COC(=O)c1ccc(C(=O)Nc2ccc(N3CCCC3=O)c(Cl)c2)cc1. The highest BCUT2D eigenvalue weighted by Gasteiger charge is 2.23. The number of hydrogen-bond acceptors (Lipinski definition) is 4. The number of ether oxygens (including phenoxy) is 1. The first-order chi connectivity index (χ1) is 12.5. The maximum atomic E-state index is 12.3. The number of rotatable bonds is 4. The van der Waals surface area contributed by atoms with E-state index in [0.717, 1.165) is 6.42 Å². The predicted octanol–water partition coefficient (Wildman–Crippen LogP) is 3.51. The molecule has 0 aliphatic carbocycles. The van der Waals surface area contributed by atoms with Crippen molar-refractivity contribution >= 4 is 40.8 Å². The smallest absolute Gasteiger partial charge is 0.337 e. The van der Waals surface area contributed by atoms with Gasteiger partial charge in [-0.2, -0.15) is 0 Å². The fourth-order valence-corrected chi connectivity index (χ4v) is 3.07. The highest BCUT2D eigenvalue weighted by Crippen LogP contribution is 2.31. The summed E-state index contributed by atoms with van der Waals surface area (Å²) in [5.41, 5.74) is 1.93. The number of carbonyl (C=O) groups is 3. The van der Waals surface area contributed by atoms with E-state index >= 15 is 0 Å². The van der Waals surface area contributed by atoms with E-state index in [1.807, 2.05) is 0 Å². The number of carbonyl (C=O) groups excluding carboxylic acids is 3. The zero-order chi connectivity index (χ0) is 18.7. The molecule has 1 aliphatic rings. The van der Waals surface area contributed by atoms with Gasteiger partial charge in [0.1, 0.15) is 0 Å². The van der Waals surface area contributed by atoms with Gasteiger partial charge in [0, 0.05) is 24.2 Å². The molecule has 0 spiro atoms. The number of nitrogens with one attached hydrogen (secondary N) is 1. The Labute approximate surface area is 155 Å². The second-order valence-corrected chi connectivity index (χ2v) is 6.25. The second kappa shape index (κ2) is 7.58. The van der Waals surface area contributed by atoms with Gasteiger partial charge in [-0.25, -0.2) is 4.79 Å². The fraction of sp³-hybridized carbons (Fsp3) is 0.211. The molecular formula is C19H17ClN2O4. The number of amides is 2. The van der Waals surface area contributed by atoms with Gasteiger partial charge in [-0.05, 0) is 48.9 Å². The number of anilines is 2. The lowest BCUT2D eigenvalue weighted by atomic mass is 10.1. The highest BCUT2D eigenvalue weighted by molar-refractivity contribution is 6.34. The first kappa shape index (κ1) is 17.9. The minimum atomic E-state index is -0.462. The van der Waals surface area contributed by atoms with Crippen LogP contribution in [0.3, 0.4) is 0 Å². The van der Waals surface area contributed by atoms with E-state index in [2.05, 4.69) is 10.1 Å². The lowest BCUT2D eigenvalue weighted by Crippen LogP contribution is -2.24. The van der Waals surface area contributed by atoms with E-state index < -0.39 is 5.97 Å². The molecule has 1 N–H and O–H groups in total. The van der Waals surface area contributed by atoms with Crippen molar-refractivity contribution in [1.82, 2.24) is 0 Å². The number of esters is 1. The van der Waals surface area contributed by atoms with E-state index in [9.17, 15) is 14.4 Å². The maximum Gasteiger partial charge on any atom is 0.337 e. The molecule has 1 fully saturated rings.